The number of sulfone groups is 1. The summed E-state index contributed by atoms with van der Waals surface area (Å²) in [6.07, 6.45) is 0.393. The molecule has 0 saturated carbocycles. The molecule has 0 amide bonds. The molecule has 0 bridgehead atoms. The Kier molecular flexibility index (Phi) is 5.80. The van der Waals surface area contributed by atoms with Gasteiger partial charge in [-0.25, -0.2) is 8.42 Å². The van der Waals surface area contributed by atoms with Crippen LogP contribution in [0.5, 0.6) is 0 Å². The van der Waals surface area contributed by atoms with E-state index in [-0.39, 0.29) is 16.5 Å². The van der Waals surface area contributed by atoms with E-state index in [4.69, 9.17) is 11.6 Å². The van der Waals surface area contributed by atoms with Gasteiger partial charge in [-0.1, -0.05) is 29.8 Å². The first-order chi connectivity index (χ1) is 11.3. The summed E-state index contributed by atoms with van der Waals surface area (Å²) in [5.74, 6) is 0.00760. The van der Waals surface area contributed by atoms with Gasteiger partial charge in [0.1, 0.15) is 0 Å². The number of nitro benzene ring substituents is 1. The summed E-state index contributed by atoms with van der Waals surface area (Å²) in [4.78, 5) is 10.6. The van der Waals surface area contributed by atoms with Crippen molar-refractivity contribution >= 4 is 32.8 Å². The molecule has 2 rings (SSSR count). The van der Waals surface area contributed by atoms with Crippen LogP contribution in [0.1, 0.15) is 12.0 Å². The third kappa shape index (κ3) is 4.46. The van der Waals surface area contributed by atoms with Crippen LogP contribution < -0.4 is 5.32 Å². The van der Waals surface area contributed by atoms with Gasteiger partial charge in [0.25, 0.3) is 5.69 Å². The van der Waals surface area contributed by atoms with Crippen LogP contribution in [0.25, 0.3) is 0 Å². The lowest BCUT2D eigenvalue weighted by molar-refractivity contribution is -0.384. The van der Waals surface area contributed by atoms with Crippen molar-refractivity contribution in [2.45, 2.75) is 18.2 Å². The van der Waals surface area contributed by atoms with E-state index in [1.54, 1.807) is 37.3 Å². The molecule has 2 aromatic rings. The van der Waals surface area contributed by atoms with Gasteiger partial charge in [-0.15, -0.1) is 0 Å². The molecule has 1 N–H and O–H groups in total. The van der Waals surface area contributed by atoms with E-state index in [0.717, 1.165) is 0 Å². The van der Waals surface area contributed by atoms with Crippen LogP contribution in [0, 0.1) is 17.0 Å². The predicted molar refractivity (Wildman–Crippen MR) is 94.4 cm³/mol. The van der Waals surface area contributed by atoms with Crippen LogP contribution in [0.3, 0.4) is 0 Å². The Hall–Kier alpha value is -2.12. The Labute approximate surface area is 145 Å². The maximum absolute atomic E-state index is 12.2. The molecule has 8 heteroatoms. The Bertz CT molecular complexity index is 815. The van der Waals surface area contributed by atoms with Crippen LogP contribution in [0.2, 0.25) is 5.02 Å². The minimum absolute atomic E-state index is 0.00760. The van der Waals surface area contributed by atoms with Crippen molar-refractivity contribution in [1.82, 2.24) is 0 Å². The van der Waals surface area contributed by atoms with Crippen molar-refractivity contribution in [3.05, 3.63) is 63.2 Å². The van der Waals surface area contributed by atoms with Gasteiger partial charge < -0.3 is 5.32 Å². The maximum Gasteiger partial charge on any atom is 0.271 e. The summed E-state index contributed by atoms with van der Waals surface area (Å²) >= 11 is 6.06. The highest BCUT2D eigenvalue weighted by atomic mass is 35.5. The van der Waals surface area contributed by atoms with Gasteiger partial charge in [0, 0.05) is 18.7 Å². The van der Waals surface area contributed by atoms with Crippen molar-refractivity contribution < 1.29 is 13.3 Å². The highest BCUT2D eigenvalue weighted by Crippen LogP contribution is 2.30. The van der Waals surface area contributed by atoms with Crippen molar-refractivity contribution in [3.63, 3.8) is 0 Å². The third-order valence-electron chi connectivity index (χ3n) is 3.48. The number of aryl methyl sites for hydroxylation is 1. The Morgan fingerprint density at radius 1 is 1.21 bits per heavy atom. The number of non-ortho nitro benzene ring substituents is 1. The molecule has 0 saturated heterocycles. The zero-order valence-corrected chi connectivity index (χ0v) is 14.6. The molecule has 0 spiro atoms. The number of nitrogens with zero attached hydrogens (tertiary/aromatic N) is 1. The standard InChI is InChI=1S/C16H17ClN2O4S/c1-12-10-13(19(20)21)11-15(17)16(12)18-8-5-9-24(22,23)14-6-3-2-4-7-14/h2-4,6-7,10-11,18H,5,8-9H2,1H3. The SMILES string of the molecule is Cc1cc([N+](=O)[O-])cc(Cl)c1NCCCS(=O)(=O)c1ccccc1. The van der Waals surface area contributed by atoms with Crippen molar-refractivity contribution in [3.8, 4) is 0 Å². The van der Waals surface area contributed by atoms with E-state index in [2.05, 4.69) is 5.32 Å². The summed E-state index contributed by atoms with van der Waals surface area (Å²) in [5.41, 5.74) is 1.15. The second-order valence-corrected chi connectivity index (χ2v) is 7.81. The molecule has 0 heterocycles. The fourth-order valence-electron chi connectivity index (χ4n) is 2.28. The fourth-order valence-corrected chi connectivity index (χ4v) is 3.94. The zero-order valence-electron chi connectivity index (χ0n) is 13.0. The number of hydrogen-bond donors (Lipinski definition) is 1. The number of halogens is 1. The summed E-state index contributed by atoms with van der Waals surface area (Å²) in [6.45, 7) is 2.10. The first kappa shape index (κ1) is 18.2. The molecule has 128 valence electrons. The smallest absolute Gasteiger partial charge is 0.271 e. The molecular formula is C16H17ClN2O4S. The first-order valence-corrected chi connectivity index (χ1v) is 9.30. The highest BCUT2D eigenvalue weighted by Gasteiger charge is 2.15. The molecule has 0 atom stereocenters. The molecule has 0 aliphatic heterocycles. The molecule has 0 radical (unpaired) electrons. The van der Waals surface area contributed by atoms with Crippen LogP contribution >= 0.6 is 11.6 Å². The van der Waals surface area contributed by atoms with Crippen molar-refractivity contribution in [2.24, 2.45) is 0 Å². The molecule has 0 aromatic heterocycles. The van der Waals surface area contributed by atoms with Gasteiger partial charge in [0.2, 0.25) is 0 Å². The van der Waals surface area contributed by atoms with Crippen LogP contribution in [-0.4, -0.2) is 25.6 Å². The monoisotopic (exact) mass is 368 g/mol. The average molecular weight is 369 g/mol. The largest absolute Gasteiger partial charge is 0.384 e. The lowest BCUT2D eigenvalue weighted by Crippen LogP contribution is -2.12. The van der Waals surface area contributed by atoms with Gasteiger partial charge in [0.15, 0.2) is 9.84 Å². The van der Waals surface area contributed by atoms with Gasteiger partial charge >= 0.3 is 0 Å². The van der Waals surface area contributed by atoms with E-state index in [9.17, 15) is 18.5 Å². The van der Waals surface area contributed by atoms with Gasteiger partial charge in [-0.2, -0.15) is 0 Å². The molecule has 0 aliphatic rings. The normalized spacial score (nSPS) is 11.2. The van der Waals surface area contributed by atoms with Gasteiger partial charge in [-0.05, 0) is 31.0 Å². The lowest BCUT2D eigenvalue weighted by atomic mass is 10.1. The lowest BCUT2D eigenvalue weighted by Gasteiger charge is -2.11. The minimum Gasteiger partial charge on any atom is -0.384 e. The molecule has 6 nitrogen and oxygen atoms in total. The Morgan fingerprint density at radius 3 is 2.46 bits per heavy atom. The number of benzene rings is 2. The Morgan fingerprint density at radius 2 is 1.88 bits per heavy atom. The Balaban J connectivity index is 1.97. The maximum atomic E-state index is 12.2. The number of anilines is 1. The van der Waals surface area contributed by atoms with E-state index >= 15 is 0 Å². The quantitative estimate of drug-likeness (QED) is 0.455. The average Bonchev–Trinajstić information content (AvgIpc) is 2.54. The molecule has 24 heavy (non-hydrogen) atoms. The van der Waals surface area contributed by atoms with Gasteiger partial charge in [0.05, 0.1) is 26.3 Å². The van der Waals surface area contributed by atoms with E-state index in [0.29, 0.717) is 29.1 Å². The van der Waals surface area contributed by atoms with Crippen LogP contribution in [0.4, 0.5) is 11.4 Å². The number of nitro groups is 1. The molecule has 0 unspecified atom stereocenters. The van der Waals surface area contributed by atoms with E-state index in [1.165, 1.54) is 12.1 Å². The van der Waals surface area contributed by atoms with Crippen LogP contribution in [0.15, 0.2) is 47.4 Å². The third-order valence-corrected chi connectivity index (χ3v) is 5.59. The predicted octanol–water partition coefficient (Wildman–Crippen LogP) is 3.83. The zero-order chi connectivity index (χ0) is 17.7. The number of rotatable bonds is 7. The van der Waals surface area contributed by atoms with Crippen molar-refractivity contribution in [2.75, 3.05) is 17.6 Å². The second kappa shape index (κ2) is 7.63. The van der Waals surface area contributed by atoms with Crippen molar-refractivity contribution in [1.29, 1.82) is 0 Å². The summed E-state index contributed by atoms with van der Waals surface area (Å²) < 4.78 is 24.3. The second-order valence-electron chi connectivity index (χ2n) is 5.29. The molecule has 0 fully saturated rings. The summed E-state index contributed by atoms with van der Waals surface area (Å²) in [7, 11) is -3.32. The number of nitrogens with one attached hydrogen (secondary N) is 1. The molecule has 0 aliphatic carbocycles. The van der Waals surface area contributed by atoms with Gasteiger partial charge in [-0.3, -0.25) is 10.1 Å². The fraction of sp³-hybridized carbons (Fsp3) is 0.250. The molecule has 2 aromatic carbocycles. The molecular weight excluding hydrogens is 352 g/mol. The topological polar surface area (TPSA) is 89.3 Å². The summed E-state index contributed by atoms with van der Waals surface area (Å²) in [5, 5.41) is 14.1. The van der Waals surface area contributed by atoms with Crippen LogP contribution in [-0.2, 0) is 9.84 Å². The highest BCUT2D eigenvalue weighted by molar-refractivity contribution is 7.91. The minimum atomic E-state index is -3.32. The van der Waals surface area contributed by atoms with E-state index < -0.39 is 14.8 Å². The first-order valence-electron chi connectivity index (χ1n) is 7.27. The number of hydrogen-bond acceptors (Lipinski definition) is 5. The van der Waals surface area contributed by atoms with E-state index in [1.807, 2.05) is 0 Å². The summed E-state index contributed by atoms with van der Waals surface area (Å²) in [6, 6.07) is 11.0.